The zero-order valence-corrected chi connectivity index (χ0v) is 12.4. The van der Waals surface area contributed by atoms with Crippen molar-refractivity contribution < 1.29 is 18.9 Å². The number of hydrogen-bond acceptors (Lipinski definition) is 4. The van der Waals surface area contributed by atoms with Crippen molar-refractivity contribution in [1.29, 1.82) is 0 Å². The zero-order valence-electron chi connectivity index (χ0n) is 12.4. The molecule has 21 heavy (non-hydrogen) atoms. The Balaban J connectivity index is 2.08. The van der Waals surface area contributed by atoms with Gasteiger partial charge in [-0.25, -0.2) is 0 Å². The van der Waals surface area contributed by atoms with Crippen LogP contribution in [0.2, 0.25) is 0 Å². The first kappa shape index (κ1) is 13.8. The predicted molar refractivity (Wildman–Crippen MR) is 79.2 cm³/mol. The minimum absolute atomic E-state index is 0.167. The van der Waals surface area contributed by atoms with Crippen LogP contribution in [0.1, 0.15) is 22.8 Å². The first-order valence-corrected chi connectivity index (χ1v) is 6.77. The van der Waals surface area contributed by atoms with Gasteiger partial charge in [-0.3, -0.25) is 0 Å². The summed E-state index contributed by atoms with van der Waals surface area (Å²) < 4.78 is 22.2. The van der Waals surface area contributed by atoms with Crippen LogP contribution < -0.4 is 14.2 Å². The number of rotatable bonds is 4. The molecule has 0 aromatic heterocycles. The lowest BCUT2D eigenvalue weighted by Gasteiger charge is -2.16. The maximum Gasteiger partial charge on any atom is 0.125 e. The van der Waals surface area contributed by atoms with Crippen LogP contribution >= 0.6 is 0 Å². The van der Waals surface area contributed by atoms with Crippen molar-refractivity contribution in [3.8, 4) is 17.2 Å². The molecule has 0 radical (unpaired) electrons. The minimum Gasteiger partial charge on any atom is -0.497 e. The van der Waals surface area contributed by atoms with Gasteiger partial charge in [0.05, 0.1) is 27.9 Å². The molecule has 0 aliphatic carbocycles. The Morgan fingerprint density at radius 3 is 2.43 bits per heavy atom. The second kappa shape index (κ2) is 5.66. The molecule has 0 bridgehead atoms. The third-order valence-electron chi connectivity index (χ3n) is 3.79. The lowest BCUT2D eigenvalue weighted by Crippen LogP contribution is -2.02. The van der Waals surface area contributed by atoms with Gasteiger partial charge < -0.3 is 18.9 Å². The molecule has 1 unspecified atom stereocenters. The van der Waals surface area contributed by atoms with E-state index in [2.05, 4.69) is 6.07 Å². The molecule has 4 heteroatoms. The SMILES string of the molecule is COc1ccc(OC)c(C2OCc3c(OC)cccc32)c1. The maximum absolute atomic E-state index is 5.98. The van der Waals surface area contributed by atoms with Gasteiger partial charge >= 0.3 is 0 Å². The maximum atomic E-state index is 5.98. The van der Waals surface area contributed by atoms with Crippen molar-refractivity contribution in [1.82, 2.24) is 0 Å². The van der Waals surface area contributed by atoms with Gasteiger partial charge in [0.15, 0.2) is 0 Å². The summed E-state index contributed by atoms with van der Waals surface area (Å²) in [6.07, 6.45) is -0.167. The Kier molecular flexibility index (Phi) is 3.71. The van der Waals surface area contributed by atoms with E-state index < -0.39 is 0 Å². The Morgan fingerprint density at radius 1 is 0.905 bits per heavy atom. The van der Waals surface area contributed by atoms with Crippen molar-refractivity contribution in [3.05, 3.63) is 53.1 Å². The fraction of sp³-hybridized carbons (Fsp3) is 0.294. The van der Waals surface area contributed by atoms with Crippen molar-refractivity contribution >= 4 is 0 Å². The van der Waals surface area contributed by atoms with E-state index in [1.807, 2.05) is 30.3 Å². The Morgan fingerprint density at radius 2 is 1.71 bits per heavy atom. The van der Waals surface area contributed by atoms with Crippen molar-refractivity contribution in [2.45, 2.75) is 12.7 Å². The van der Waals surface area contributed by atoms with Crippen molar-refractivity contribution in [2.24, 2.45) is 0 Å². The average molecular weight is 286 g/mol. The second-order valence-electron chi connectivity index (χ2n) is 4.83. The van der Waals surface area contributed by atoms with Crippen LogP contribution in [0.5, 0.6) is 17.2 Å². The molecule has 0 amide bonds. The highest BCUT2D eigenvalue weighted by Gasteiger charge is 2.29. The minimum atomic E-state index is -0.167. The number of fused-ring (bicyclic) bond motifs is 1. The third kappa shape index (κ3) is 2.32. The number of hydrogen-bond donors (Lipinski definition) is 0. The van der Waals surface area contributed by atoms with Gasteiger partial charge in [0.1, 0.15) is 23.4 Å². The molecule has 0 saturated carbocycles. The summed E-state index contributed by atoms with van der Waals surface area (Å²) in [7, 11) is 4.99. The van der Waals surface area contributed by atoms with E-state index in [4.69, 9.17) is 18.9 Å². The van der Waals surface area contributed by atoms with E-state index in [9.17, 15) is 0 Å². The molecule has 0 fully saturated rings. The van der Waals surface area contributed by atoms with Gasteiger partial charge in [-0.15, -0.1) is 0 Å². The van der Waals surface area contributed by atoms with E-state index in [1.54, 1.807) is 21.3 Å². The number of ether oxygens (including phenoxy) is 4. The van der Waals surface area contributed by atoms with E-state index in [0.29, 0.717) is 6.61 Å². The van der Waals surface area contributed by atoms with Crippen molar-refractivity contribution in [3.63, 3.8) is 0 Å². The fourth-order valence-corrected chi connectivity index (χ4v) is 2.73. The second-order valence-corrected chi connectivity index (χ2v) is 4.83. The normalized spacial score (nSPS) is 16.4. The zero-order chi connectivity index (χ0) is 14.8. The van der Waals surface area contributed by atoms with Crippen molar-refractivity contribution in [2.75, 3.05) is 21.3 Å². The number of methoxy groups -OCH3 is 3. The molecule has 0 saturated heterocycles. The van der Waals surface area contributed by atoms with Crippen LogP contribution in [0.15, 0.2) is 36.4 Å². The molecule has 2 aromatic carbocycles. The Hall–Kier alpha value is -2.20. The third-order valence-corrected chi connectivity index (χ3v) is 3.79. The van der Waals surface area contributed by atoms with Crippen LogP contribution in [0.25, 0.3) is 0 Å². The van der Waals surface area contributed by atoms with Gasteiger partial charge in [0.2, 0.25) is 0 Å². The highest BCUT2D eigenvalue weighted by molar-refractivity contribution is 5.51. The molecule has 1 aliphatic heterocycles. The molecule has 2 aromatic rings. The van der Waals surface area contributed by atoms with Gasteiger partial charge in [0, 0.05) is 11.1 Å². The van der Waals surface area contributed by atoms with Crippen LogP contribution in [0.3, 0.4) is 0 Å². The average Bonchev–Trinajstić information content (AvgIpc) is 2.98. The summed E-state index contributed by atoms with van der Waals surface area (Å²) in [6.45, 7) is 0.532. The van der Waals surface area contributed by atoms with Gasteiger partial charge in [0.25, 0.3) is 0 Å². The van der Waals surface area contributed by atoms with Gasteiger partial charge in [-0.05, 0) is 29.8 Å². The van der Waals surface area contributed by atoms with Crippen LogP contribution in [0.4, 0.5) is 0 Å². The summed E-state index contributed by atoms with van der Waals surface area (Å²) >= 11 is 0. The lowest BCUT2D eigenvalue weighted by molar-refractivity contribution is 0.0912. The molecule has 1 aliphatic rings. The molecule has 0 spiro atoms. The molecule has 0 N–H and O–H groups in total. The largest absolute Gasteiger partial charge is 0.497 e. The summed E-state index contributed by atoms with van der Waals surface area (Å²) in [4.78, 5) is 0. The lowest BCUT2D eigenvalue weighted by atomic mass is 9.98. The van der Waals surface area contributed by atoms with Gasteiger partial charge in [-0.2, -0.15) is 0 Å². The molecular formula is C17H18O4. The van der Waals surface area contributed by atoms with Crippen LogP contribution in [-0.2, 0) is 11.3 Å². The molecule has 1 atom stereocenters. The topological polar surface area (TPSA) is 36.9 Å². The first-order valence-electron chi connectivity index (χ1n) is 6.77. The van der Waals surface area contributed by atoms with E-state index >= 15 is 0 Å². The monoisotopic (exact) mass is 286 g/mol. The van der Waals surface area contributed by atoms with E-state index in [0.717, 1.165) is 33.9 Å². The molecular weight excluding hydrogens is 268 g/mol. The highest BCUT2D eigenvalue weighted by Crippen LogP contribution is 2.43. The van der Waals surface area contributed by atoms with E-state index in [1.165, 1.54) is 0 Å². The molecule has 1 heterocycles. The van der Waals surface area contributed by atoms with Crippen LogP contribution in [-0.4, -0.2) is 21.3 Å². The fourth-order valence-electron chi connectivity index (χ4n) is 2.73. The quantitative estimate of drug-likeness (QED) is 0.864. The Labute approximate surface area is 124 Å². The number of benzene rings is 2. The van der Waals surface area contributed by atoms with E-state index in [-0.39, 0.29) is 6.10 Å². The molecule has 4 nitrogen and oxygen atoms in total. The summed E-state index contributed by atoms with van der Waals surface area (Å²) in [5.74, 6) is 2.43. The highest BCUT2D eigenvalue weighted by atomic mass is 16.5. The predicted octanol–water partition coefficient (Wildman–Crippen LogP) is 3.33. The van der Waals surface area contributed by atoms with Gasteiger partial charge in [-0.1, -0.05) is 12.1 Å². The van der Waals surface area contributed by atoms with Crippen LogP contribution in [0, 0.1) is 0 Å². The summed E-state index contributed by atoms with van der Waals surface area (Å²) in [5.41, 5.74) is 3.17. The summed E-state index contributed by atoms with van der Waals surface area (Å²) in [6, 6.07) is 11.7. The Bertz CT molecular complexity index is 651. The molecule has 3 rings (SSSR count). The smallest absolute Gasteiger partial charge is 0.125 e. The summed E-state index contributed by atoms with van der Waals surface area (Å²) in [5, 5.41) is 0. The molecule has 110 valence electrons. The standard InChI is InChI=1S/C17H18O4/c1-18-11-7-8-16(20-3)13(9-11)17-12-5-4-6-15(19-2)14(12)10-21-17/h4-9,17H,10H2,1-3H3. The first-order chi connectivity index (χ1) is 10.3.